The molecule has 1 aromatic carbocycles. The van der Waals surface area contributed by atoms with E-state index in [2.05, 4.69) is 5.32 Å². The zero-order valence-electron chi connectivity index (χ0n) is 15.4. The average Bonchev–Trinajstić information content (AvgIpc) is 3.45. The predicted molar refractivity (Wildman–Crippen MR) is 105 cm³/mol. The molecule has 0 atom stereocenters. The summed E-state index contributed by atoms with van der Waals surface area (Å²) in [5.74, 6) is 0.603. The van der Waals surface area contributed by atoms with E-state index in [0.29, 0.717) is 38.3 Å². The van der Waals surface area contributed by atoms with E-state index in [1.54, 1.807) is 21.9 Å². The van der Waals surface area contributed by atoms with Crippen molar-refractivity contribution < 1.29 is 18.0 Å². The van der Waals surface area contributed by atoms with E-state index in [0.717, 1.165) is 18.7 Å². The smallest absolute Gasteiger partial charge is 0.254 e. The molecule has 1 aromatic rings. The van der Waals surface area contributed by atoms with Crippen LogP contribution in [-0.4, -0.2) is 75.6 Å². The van der Waals surface area contributed by atoms with Crippen LogP contribution in [0, 0.1) is 5.92 Å². The van der Waals surface area contributed by atoms with E-state index in [4.69, 9.17) is 0 Å². The van der Waals surface area contributed by atoms with Gasteiger partial charge in [0.2, 0.25) is 5.91 Å². The first-order valence-electron chi connectivity index (χ1n) is 8.92. The van der Waals surface area contributed by atoms with Crippen LogP contribution in [0.2, 0.25) is 0 Å². The van der Waals surface area contributed by atoms with Crippen molar-refractivity contribution in [2.24, 2.45) is 5.92 Å². The van der Waals surface area contributed by atoms with Gasteiger partial charge in [0, 0.05) is 38.0 Å². The minimum Gasteiger partial charge on any atom is -0.338 e. The van der Waals surface area contributed by atoms with Gasteiger partial charge >= 0.3 is 0 Å². The van der Waals surface area contributed by atoms with Gasteiger partial charge in [-0.05, 0) is 43.5 Å². The minimum absolute atomic E-state index is 0. The molecular formula is C18H26ClN3O4S. The number of carbonyl (C=O) groups excluding carboxylic acids is 2. The molecule has 1 aliphatic heterocycles. The highest BCUT2D eigenvalue weighted by atomic mass is 35.5. The maximum absolute atomic E-state index is 12.6. The Labute approximate surface area is 166 Å². The largest absolute Gasteiger partial charge is 0.338 e. The topological polar surface area (TPSA) is 86.8 Å². The minimum atomic E-state index is -3.35. The second-order valence-corrected chi connectivity index (χ2v) is 9.06. The summed E-state index contributed by atoms with van der Waals surface area (Å²) in [6.07, 6.45) is 3.63. The molecule has 1 aliphatic carbocycles. The van der Waals surface area contributed by atoms with Gasteiger partial charge in [-0.15, -0.1) is 12.4 Å². The lowest BCUT2D eigenvalue weighted by Gasteiger charge is -2.35. The third-order valence-electron chi connectivity index (χ3n) is 4.83. The number of halogens is 1. The Hall–Kier alpha value is -1.64. The number of piperazine rings is 1. The van der Waals surface area contributed by atoms with Crippen molar-refractivity contribution in [3.05, 3.63) is 29.8 Å². The summed E-state index contributed by atoms with van der Waals surface area (Å²) in [5.41, 5.74) is 0.360. The molecule has 1 N–H and O–H groups in total. The molecule has 1 heterocycles. The summed E-state index contributed by atoms with van der Waals surface area (Å²) >= 11 is 0. The van der Waals surface area contributed by atoms with Gasteiger partial charge in [-0.25, -0.2) is 8.42 Å². The maximum atomic E-state index is 12.6. The number of rotatable bonds is 6. The van der Waals surface area contributed by atoms with Crippen LogP contribution < -0.4 is 5.32 Å². The highest BCUT2D eigenvalue weighted by Gasteiger charge is 2.26. The van der Waals surface area contributed by atoms with Crippen molar-refractivity contribution in [1.82, 2.24) is 15.1 Å². The maximum Gasteiger partial charge on any atom is 0.254 e. The van der Waals surface area contributed by atoms with Crippen molar-refractivity contribution in [2.75, 3.05) is 45.5 Å². The Kier molecular flexibility index (Phi) is 7.25. The van der Waals surface area contributed by atoms with Crippen LogP contribution in [-0.2, 0) is 14.6 Å². The summed E-state index contributed by atoms with van der Waals surface area (Å²) in [6.45, 7) is 3.16. The van der Waals surface area contributed by atoms with Gasteiger partial charge in [-0.2, -0.15) is 0 Å². The Balaban J connectivity index is 0.00000261. The number of carbonyl (C=O) groups is 2. The molecule has 0 unspecified atom stereocenters. The van der Waals surface area contributed by atoms with Crippen molar-refractivity contribution >= 4 is 34.1 Å². The number of sulfone groups is 1. The molecule has 2 amide bonds. The molecular weight excluding hydrogens is 390 g/mol. The van der Waals surface area contributed by atoms with Gasteiger partial charge < -0.3 is 15.1 Å². The first-order valence-corrected chi connectivity index (χ1v) is 10.8. The van der Waals surface area contributed by atoms with Crippen LogP contribution >= 0.6 is 12.4 Å². The Morgan fingerprint density at radius 2 is 1.74 bits per heavy atom. The summed E-state index contributed by atoms with van der Waals surface area (Å²) in [4.78, 5) is 28.4. The highest BCUT2D eigenvalue weighted by Crippen LogP contribution is 2.27. The molecule has 150 valence electrons. The zero-order chi connectivity index (χ0) is 18.7. The summed E-state index contributed by atoms with van der Waals surface area (Å²) in [5, 5.41) is 3.20. The van der Waals surface area contributed by atoms with Crippen LogP contribution in [0.15, 0.2) is 29.2 Å². The van der Waals surface area contributed by atoms with Crippen molar-refractivity contribution in [1.29, 1.82) is 0 Å². The van der Waals surface area contributed by atoms with E-state index in [-0.39, 0.29) is 29.1 Å². The molecule has 3 rings (SSSR count). The third kappa shape index (κ3) is 5.92. The Morgan fingerprint density at radius 1 is 1.11 bits per heavy atom. The number of hydrogen-bond donors (Lipinski definition) is 1. The standard InChI is InChI=1S/C18H25N3O4S.ClH/c1-26(24,25)16-4-2-3-15(11-16)18(23)21-9-7-20(8-10-21)17(22)13-19-12-14-5-6-14;/h2-4,11,14,19H,5-10,12-13H2,1H3;1H. The first kappa shape index (κ1) is 21.7. The Morgan fingerprint density at radius 3 is 2.33 bits per heavy atom. The molecule has 2 fully saturated rings. The quantitative estimate of drug-likeness (QED) is 0.742. The van der Waals surface area contributed by atoms with Crippen LogP contribution in [0.4, 0.5) is 0 Å². The average molecular weight is 416 g/mol. The van der Waals surface area contributed by atoms with Gasteiger partial charge in [-0.1, -0.05) is 6.07 Å². The summed E-state index contributed by atoms with van der Waals surface area (Å²) < 4.78 is 23.3. The zero-order valence-corrected chi connectivity index (χ0v) is 17.0. The number of benzene rings is 1. The molecule has 0 spiro atoms. The van der Waals surface area contributed by atoms with E-state index in [1.807, 2.05) is 0 Å². The van der Waals surface area contributed by atoms with Gasteiger partial charge in [0.15, 0.2) is 9.84 Å². The summed E-state index contributed by atoms with van der Waals surface area (Å²) in [6, 6.07) is 6.10. The van der Waals surface area contributed by atoms with Crippen LogP contribution in [0.25, 0.3) is 0 Å². The molecule has 2 aliphatic rings. The molecule has 1 saturated carbocycles. The molecule has 0 bridgehead atoms. The van der Waals surface area contributed by atoms with Gasteiger partial charge in [0.25, 0.3) is 5.91 Å². The second kappa shape index (κ2) is 9.03. The van der Waals surface area contributed by atoms with Crippen LogP contribution in [0.1, 0.15) is 23.2 Å². The summed E-state index contributed by atoms with van der Waals surface area (Å²) in [7, 11) is -3.35. The fourth-order valence-electron chi connectivity index (χ4n) is 3.02. The molecule has 7 nitrogen and oxygen atoms in total. The molecule has 0 aromatic heterocycles. The van der Waals surface area contributed by atoms with Gasteiger partial charge in [-0.3, -0.25) is 9.59 Å². The van der Waals surface area contributed by atoms with E-state index >= 15 is 0 Å². The lowest BCUT2D eigenvalue weighted by Crippen LogP contribution is -2.52. The third-order valence-corrected chi connectivity index (χ3v) is 5.95. The number of hydrogen-bond acceptors (Lipinski definition) is 5. The number of amides is 2. The molecule has 0 radical (unpaired) electrons. The predicted octanol–water partition coefficient (Wildman–Crippen LogP) is 0.796. The number of nitrogens with one attached hydrogen (secondary N) is 1. The van der Waals surface area contributed by atoms with Crippen LogP contribution in [0.5, 0.6) is 0 Å². The molecule has 1 saturated heterocycles. The first-order chi connectivity index (χ1) is 12.3. The highest BCUT2D eigenvalue weighted by molar-refractivity contribution is 7.90. The van der Waals surface area contributed by atoms with Gasteiger partial charge in [0.1, 0.15) is 0 Å². The van der Waals surface area contributed by atoms with Crippen LogP contribution in [0.3, 0.4) is 0 Å². The molecule has 9 heteroatoms. The second-order valence-electron chi connectivity index (χ2n) is 7.05. The lowest BCUT2D eigenvalue weighted by atomic mass is 10.2. The van der Waals surface area contributed by atoms with Crippen molar-refractivity contribution in [2.45, 2.75) is 17.7 Å². The fraction of sp³-hybridized carbons (Fsp3) is 0.556. The monoisotopic (exact) mass is 415 g/mol. The normalized spacial score (nSPS) is 17.4. The fourth-order valence-corrected chi connectivity index (χ4v) is 3.69. The van der Waals surface area contributed by atoms with E-state index in [1.165, 1.54) is 25.0 Å². The lowest BCUT2D eigenvalue weighted by molar-refractivity contribution is -0.131. The van der Waals surface area contributed by atoms with E-state index < -0.39 is 9.84 Å². The number of nitrogens with zero attached hydrogens (tertiary/aromatic N) is 2. The SMILES string of the molecule is CS(=O)(=O)c1cccc(C(=O)N2CCN(C(=O)CNCC3CC3)CC2)c1.Cl. The molecule has 27 heavy (non-hydrogen) atoms. The van der Waals surface area contributed by atoms with Crippen molar-refractivity contribution in [3.63, 3.8) is 0 Å². The van der Waals surface area contributed by atoms with Gasteiger partial charge in [0.05, 0.1) is 11.4 Å². The Bertz CT molecular complexity index is 788. The van der Waals surface area contributed by atoms with E-state index in [9.17, 15) is 18.0 Å². The van der Waals surface area contributed by atoms with Crippen molar-refractivity contribution in [3.8, 4) is 0 Å².